The molecule has 1 aromatic carbocycles. The van der Waals surface area contributed by atoms with Crippen molar-refractivity contribution in [1.29, 1.82) is 0 Å². The summed E-state index contributed by atoms with van der Waals surface area (Å²) in [5.41, 5.74) is 8.58. The van der Waals surface area contributed by atoms with Crippen molar-refractivity contribution in [2.24, 2.45) is 7.05 Å². The van der Waals surface area contributed by atoms with Crippen LogP contribution in [0, 0.1) is 0 Å². The summed E-state index contributed by atoms with van der Waals surface area (Å²) in [4.78, 5) is 0. The highest BCUT2D eigenvalue weighted by atomic mass is 35.5. The van der Waals surface area contributed by atoms with Crippen LogP contribution >= 0.6 is 11.6 Å². The number of halogens is 1. The van der Waals surface area contributed by atoms with Crippen LogP contribution in [0.25, 0.3) is 22.6 Å². The Morgan fingerprint density at radius 3 is 2.79 bits per heavy atom. The molecule has 0 amide bonds. The van der Waals surface area contributed by atoms with Crippen LogP contribution < -0.4 is 5.73 Å². The Morgan fingerprint density at radius 1 is 1.26 bits per heavy atom. The molecule has 0 spiro atoms. The SMILES string of the molecule is Cn1nc(-c2ccco2)c(-c2cccc(Cl)c2)c1N. The van der Waals surface area contributed by atoms with Crippen molar-refractivity contribution in [2.75, 3.05) is 5.73 Å². The maximum absolute atomic E-state index is 6.11. The molecule has 3 rings (SSSR count). The number of aromatic nitrogens is 2. The number of hydrogen-bond donors (Lipinski definition) is 1. The Hall–Kier alpha value is -2.20. The van der Waals surface area contributed by atoms with Crippen molar-refractivity contribution in [3.8, 4) is 22.6 Å². The van der Waals surface area contributed by atoms with E-state index in [0.717, 1.165) is 11.1 Å². The van der Waals surface area contributed by atoms with Gasteiger partial charge in [0, 0.05) is 12.1 Å². The van der Waals surface area contributed by atoms with Gasteiger partial charge in [0.25, 0.3) is 0 Å². The van der Waals surface area contributed by atoms with Crippen LogP contribution in [0.4, 0.5) is 5.82 Å². The molecule has 19 heavy (non-hydrogen) atoms. The molecule has 5 heteroatoms. The summed E-state index contributed by atoms with van der Waals surface area (Å²) in [5.74, 6) is 1.26. The molecule has 2 aromatic heterocycles. The standard InChI is InChI=1S/C14H12ClN3O/c1-18-14(16)12(9-4-2-5-10(15)8-9)13(17-18)11-6-3-7-19-11/h2-8H,16H2,1H3. The molecule has 0 bridgehead atoms. The van der Waals surface area contributed by atoms with E-state index in [1.54, 1.807) is 18.0 Å². The number of hydrogen-bond acceptors (Lipinski definition) is 3. The summed E-state index contributed by atoms with van der Waals surface area (Å²) in [6.07, 6.45) is 1.61. The van der Waals surface area contributed by atoms with Gasteiger partial charge in [-0.3, -0.25) is 4.68 Å². The van der Waals surface area contributed by atoms with Crippen LogP contribution in [-0.2, 0) is 7.05 Å². The molecular weight excluding hydrogens is 262 g/mol. The van der Waals surface area contributed by atoms with Crippen LogP contribution in [-0.4, -0.2) is 9.78 Å². The van der Waals surface area contributed by atoms with E-state index in [4.69, 9.17) is 21.8 Å². The zero-order valence-corrected chi connectivity index (χ0v) is 11.1. The van der Waals surface area contributed by atoms with E-state index in [1.165, 1.54) is 0 Å². The fraction of sp³-hybridized carbons (Fsp3) is 0.0714. The molecule has 0 aliphatic rings. The van der Waals surface area contributed by atoms with E-state index in [1.807, 2.05) is 36.4 Å². The molecule has 96 valence electrons. The van der Waals surface area contributed by atoms with Crippen LogP contribution in [0.15, 0.2) is 47.1 Å². The fourth-order valence-corrected chi connectivity index (χ4v) is 2.24. The minimum Gasteiger partial charge on any atom is -0.463 e. The second-order valence-electron chi connectivity index (χ2n) is 4.22. The van der Waals surface area contributed by atoms with Gasteiger partial charge in [0.2, 0.25) is 0 Å². The third-order valence-corrected chi connectivity index (χ3v) is 3.19. The predicted molar refractivity (Wildman–Crippen MR) is 75.8 cm³/mol. The lowest BCUT2D eigenvalue weighted by molar-refractivity contribution is 0.578. The second-order valence-corrected chi connectivity index (χ2v) is 4.66. The molecule has 2 N–H and O–H groups in total. The van der Waals surface area contributed by atoms with Crippen LogP contribution in [0.2, 0.25) is 5.02 Å². The molecule has 0 unspecified atom stereocenters. The van der Waals surface area contributed by atoms with E-state index in [9.17, 15) is 0 Å². The number of nitrogens with two attached hydrogens (primary N) is 1. The highest BCUT2D eigenvalue weighted by Crippen LogP contribution is 2.36. The van der Waals surface area contributed by atoms with Crippen molar-refractivity contribution >= 4 is 17.4 Å². The lowest BCUT2D eigenvalue weighted by atomic mass is 10.0. The van der Waals surface area contributed by atoms with Crippen LogP contribution in [0.1, 0.15) is 0 Å². The lowest BCUT2D eigenvalue weighted by Gasteiger charge is -2.03. The van der Waals surface area contributed by atoms with Gasteiger partial charge in [0.15, 0.2) is 5.76 Å². The van der Waals surface area contributed by atoms with E-state index < -0.39 is 0 Å². The number of anilines is 1. The zero-order valence-electron chi connectivity index (χ0n) is 10.3. The van der Waals surface area contributed by atoms with E-state index in [-0.39, 0.29) is 0 Å². The van der Waals surface area contributed by atoms with E-state index >= 15 is 0 Å². The van der Waals surface area contributed by atoms with Gasteiger partial charge in [0.1, 0.15) is 11.5 Å². The molecule has 0 aliphatic carbocycles. The molecule has 0 radical (unpaired) electrons. The highest BCUT2D eigenvalue weighted by Gasteiger charge is 2.19. The quantitative estimate of drug-likeness (QED) is 0.776. The monoisotopic (exact) mass is 273 g/mol. The number of furan rings is 1. The van der Waals surface area contributed by atoms with Crippen molar-refractivity contribution in [1.82, 2.24) is 9.78 Å². The molecule has 0 aliphatic heterocycles. The van der Waals surface area contributed by atoms with Crippen molar-refractivity contribution in [3.63, 3.8) is 0 Å². The van der Waals surface area contributed by atoms with Gasteiger partial charge in [-0.15, -0.1) is 0 Å². The van der Waals surface area contributed by atoms with Crippen LogP contribution in [0.3, 0.4) is 0 Å². The molecule has 0 saturated carbocycles. The Labute approximate surface area is 115 Å². The molecule has 0 atom stereocenters. The van der Waals surface area contributed by atoms with E-state index in [2.05, 4.69) is 5.10 Å². The summed E-state index contributed by atoms with van der Waals surface area (Å²) in [6, 6.07) is 11.2. The summed E-state index contributed by atoms with van der Waals surface area (Å²) in [6.45, 7) is 0. The molecule has 0 fully saturated rings. The van der Waals surface area contributed by atoms with Crippen LogP contribution in [0.5, 0.6) is 0 Å². The summed E-state index contributed by atoms with van der Waals surface area (Å²) >= 11 is 6.04. The first-order valence-corrected chi connectivity index (χ1v) is 6.17. The normalized spacial score (nSPS) is 10.8. The van der Waals surface area contributed by atoms with Gasteiger partial charge in [-0.25, -0.2) is 0 Å². The summed E-state index contributed by atoms with van der Waals surface area (Å²) < 4.78 is 7.05. The Balaban J connectivity index is 2.26. The summed E-state index contributed by atoms with van der Waals surface area (Å²) in [5, 5.41) is 5.07. The lowest BCUT2D eigenvalue weighted by Crippen LogP contribution is -1.97. The Morgan fingerprint density at radius 2 is 2.11 bits per heavy atom. The maximum atomic E-state index is 6.11. The van der Waals surface area contributed by atoms with Crippen molar-refractivity contribution in [2.45, 2.75) is 0 Å². The van der Waals surface area contributed by atoms with Gasteiger partial charge in [-0.2, -0.15) is 5.10 Å². The average Bonchev–Trinajstić information content (AvgIpc) is 2.99. The first kappa shape index (κ1) is 11.9. The minimum atomic E-state index is 0.577. The minimum absolute atomic E-state index is 0.577. The van der Waals surface area contributed by atoms with Gasteiger partial charge >= 0.3 is 0 Å². The van der Waals surface area contributed by atoms with Gasteiger partial charge in [0.05, 0.1) is 11.8 Å². The van der Waals surface area contributed by atoms with Gasteiger partial charge in [-0.05, 0) is 29.8 Å². The molecular formula is C14H12ClN3O. The third kappa shape index (κ3) is 2.00. The fourth-order valence-electron chi connectivity index (χ4n) is 2.05. The average molecular weight is 274 g/mol. The maximum Gasteiger partial charge on any atom is 0.154 e. The first-order valence-electron chi connectivity index (χ1n) is 5.79. The smallest absolute Gasteiger partial charge is 0.154 e. The third-order valence-electron chi connectivity index (χ3n) is 2.96. The number of rotatable bonds is 2. The first-order chi connectivity index (χ1) is 9.16. The van der Waals surface area contributed by atoms with Crippen molar-refractivity contribution < 1.29 is 4.42 Å². The highest BCUT2D eigenvalue weighted by molar-refractivity contribution is 6.30. The van der Waals surface area contributed by atoms with Gasteiger partial charge in [-0.1, -0.05) is 23.7 Å². The second kappa shape index (κ2) is 4.48. The topological polar surface area (TPSA) is 57.0 Å². The number of nitrogen functional groups attached to an aromatic ring is 1. The van der Waals surface area contributed by atoms with Gasteiger partial charge < -0.3 is 10.2 Å². The van der Waals surface area contributed by atoms with E-state index in [0.29, 0.717) is 22.3 Å². The molecule has 0 saturated heterocycles. The Bertz CT molecular complexity index is 716. The Kier molecular flexibility index (Phi) is 2.80. The number of aryl methyl sites for hydroxylation is 1. The molecule has 3 aromatic rings. The number of nitrogens with zero attached hydrogens (tertiary/aromatic N) is 2. The zero-order chi connectivity index (χ0) is 13.4. The largest absolute Gasteiger partial charge is 0.463 e. The van der Waals surface area contributed by atoms with Crippen molar-refractivity contribution in [3.05, 3.63) is 47.7 Å². The summed E-state index contributed by atoms with van der Waals surface area (Å²) in [7, 11) is 1.80. The molecule has 4 nitrogen and oxygen atoms in total. The molecule has 2 heterocycles. The predicted octanol–water partition coefficient (Wildman–Crippen LogP) is 3.58. The number of benzene rings is 1.